The molecule has 2 heterocycles. The van der Waals surface area contributed by atoms with Crippen LogP contribution in [0.5, 0.6) is 0 Å². The van der Waals surface area contributed by atoms with E-state index >= 15 is 0 Å². The third-order valence-electron chi connectivity index (χ3n) is 6.78. The lowest BCUT2D eigenvalue weighted by Gasteiger charge is -2.36. The quantitative estimate of drug-likeness (QED) is 0.330. The molecule has 0 unspecified atom stereocenters. The first-order valence-corrected chi connectivity index (χ1v) is 11.9. The Balaban J connectivity index is 1.44. The van der Waals surface area contributed by atoms with E-state index in [0.29, 0.717) is 37.4 Å². The van der Waals surface area contributed by atoms with Gasteiger partial charge in [0.15, 0.2) is 0 Å². The Morgan fingerprint density at radius 3 is 2.25 bits per heavy atom. The van der Waals surface area contributed by atoms with Gasteiger partial charge in [-0.3, -0.25) is 4.79 Å². The Morgan fingerprint density at radius 2 is 1.56 bits per heavy atom. The average Bonchev–Trinajstić information content (AvgIpc) is 2.88. The maximum absolute atomic E-state index is 13.8. The molecule has 0 aliphatic carbocycles. The zero-order chi connectivity index (χ0) is 25.4. The highest BCUT2D eigenvalue weighted by Crippen LogP contribution is 2.33. The molecule has 1 aliphatic heterocycles. The Labute approximate surface area is 208 Å². The molecule has 3 aromatic carbocycles. The van der Waals surface area contributed by atoms with Crippen LogP contribution in [0.15, 0.2) is 72.8 Å². The molecule has 0 atom stereocenters. The third-order valence-corrected chi connectivity index (χ3v) is 6.78. The zero-order valence-electron chi connectivity index (χ0n) is 20.1. The van der Waals surface area contributed by atoms with E-state index < -0.39 is 11.7 Å². The van der Waals surface area contributed by atoms with Gasteiger partial charge in [-0.05, 0) is 43.7 Å². The fourth-order valence-electron chi connectivity index (χ4n) is 4.78. The molecule has 0 bridgehead atoms. The van der Waals surface area contributed by atoms with Gasteiger partial charge in [-0.2, -0.15) is 13.2 Å². The van der Waals surface area contributed by atoms with Crippen molar-refractivity contribution in [1.29, 1.82) is 0 Å². The van der Waals surface area contributed by atoms with Gasteiger partial charge in [0, 0.05) is 42.8 Å². The molecule has 0 N–H and O–H groups in total. The van der Waals surface area contributed by atoms with Crippen molar-refractivity contribution in [2.24, 2.45) is 0 Å². The molecule has 4 aromatic rings. The monoisotopic (exact) mass is 489 g/mol. The number of rotatable bonds is 3. The van der Waals surface area contributed by atoms with Crippen molar-refractivity contribution >= 4 is 22.5 Å². The number of fused-ring (bicyclic) bond motifs is 1. The standard InChI is InChI=1S/C29H26F3N3O/c1-19-10-12-21(13-11-19)27-20(2)26(24-8-3-4-9-25(24)33-27)28(36)35-16-14-34(15-17-35)23-7-5-6-22(18-23)29(30,31)32/h3-13,18H,14-17H2,1-2H3. The van der Waals surface area contributed by atoms with Crippen LogP contribution in [0.25, 0.3) is 22.2 Å². The lowest BCUT2D eigenvalue weighted by Crippen LogP contribution is -2.49. The maximum atomic E-state index is 13.8. The van der Waals surface area contributed by atoms with Crippen molar-refractivity contribution in [3.63, 3.8) is 0 Å². The number of alkyl halides is 3. The smallest absolute Gasteiger partial charge is 0.368 e. The fourth-order valence-corrected chi connectivity index (χ4v) is 4.78. The number of carbonyl (C=O) groups excluding carboxylic acids is 1. The van der Waals surface area contributed by atoms with Crippen molar-refractivity contribution in [2.75, 3.05) is 31.1 Å². The number of hydrogen-bond donors (Lipinski definition) is 0. The van der Waals surface area contributed by atoms with Crippen LogP contribution in [0, 0.1) is 13.8 Å². The zero-order valence-corrected chi connectivity index (χ0v) is 20.1. The molecule has 0 spiro atoms. The van der Waals surface area contributed by atoms with Gasteiger partial charge in [0.25, 0.3) is 5.91 Å². The molecule has 7 heteroatoms. The Kier molecular flexibility index (Phi) is 6.16. The number of halogens is 3. The van der Waals surface area contributed by atoms with E-state index in [0.717, 1.165) is 39.4 Å². The normalized spacial score (nSPS) is 14.4. The minimum Gasteiger partial charge on any atom is -0.368 e. The van der Waals surface area contributed by atoms with E-state index in [1.807, 2.05) is 67.3 Å². The molecule has 0 radical (unpaired) electrons. The highest BCUT2D eigenvalue weighted by Gasteiger charge is 2.32. The summed E-state index contributed by atoms with van der Waals surface area (Å²) >= 11 is 0. The van der Waals surface area contributed by atoms with Gasteiger partial charge in [-0.25, -0.2) is 4.98 Å². The van der Waals surface area contributed by atoms with Gasteiger partial charge in [-0.1, -0.05) is 54.1 Å². The minimum atomic E-state index is -4.39. The van der Waals surface area contributed by atoms with Gasteiger partial charge < -0.3 is 9.80 Å². The van der Waals surface area contributed by atoms with Crippen LogP contribution in [-0.4, -0.2) is 42.0 Å². The first-order chi connectivity index (χ1) is 17.2. The lowest BCUT2D eigenvalue weighted by atomic mass is 9.96. The van der Waals surface area contributed by atoms with Crippen molar-refractivity contribution in [2.45, 2.75) is 20.0 Å². The van der Waals surface area contributed by atoms with Crippen molar-refractivity contribution in [1.82, 2.24) is 9.88 Å². The summed E-state index contributed by atoms with van der Waals surface area (Å²) in [6.07, 6.45) is -4.39. The van der Waals surface area contributed by atoms with Gasteiger partial charge >= 0.3 is 6.18 Å². The molecule has 1 saturated heterocycles. The van der Waals surface area contributed by atoms with Crippen LogP contribution < -0.4 is 4.90 Å². The highest BCUT2D eigenvalue weighted by atomic mass is 19.4. The van der Waals surface area contributed by atoms with E-state index in [1.165, 1.54) is 12.1 Å². The molecule has 1 aromatic heterocycles. The van der Waals surface area contributed by atoms with Crippen LogP contribution in [-0.2, 0) is 6.18 Å². The fraction of sp³-hybridized carbons (Fsp3) is 0.241. The van der Waals surface area contributed by atoms with Crippen LogP contribution in [0.4, 0.5) is 18.9 Å². The second-order valence-electron chi connectivity index (χ2n) is 9.17. The Hall–Kier alpha value is -3.87. The number of aryl methyl sites for hydroxylation is 1. The van der Waals surface area contributed by atoms with Gasteiger partial charge in [0.05, 0.1) is 22.3 Å². The SMILES string of the molecule is Cc1ccc(-c2nc3ccccc3c(C(=O)N3CCN(c4cccc(C(F)(F)F)c4)CC3)c2C)cc1. The number of aromatic nitrogens is 1. The summed E-state index contributed by atoms with van der Waals surface area (Å²) in [7, 11) is 0. The third kappa shape index (κ3) is 4.53. The second-order valence-corrected chi connectivity index (χ2v) is 9.17. The highest BCUT2D eigenvalue weighted by molar-refractivity contribution is 6.09. The summed E-state index contributed by atoms with van der Waals surface area (Å²) in [6, 6.07) is 21.1. The molecule has 0 saturated carbocycles. The number of hydrogen-bond acceptors (Lipinski definition) is 3. The number of amides is 1. The summed E-state index contributed by atoms with van der Waals surface area (Å²) in [5.41, 5.74) is 4.93. The van der Waals surface area contributed by atoms with Crippen LogP contribution in [0.2, 0.25) is 0 Å². The molecule has 1 amide bonds. The minimum absolute atomic E-state index is 0.0804. The van der Waals surface area contributed by atoms with Crippen molar-refractivity contribution in [3.05, 3.63) is 95.1 Å². The second kappa shape index (κ2) is 9.30. The predicted molar refractivity (Wildman–Crippen MR) is 136 cm³/mol. The van der Waals surface area contributed by atoms with Gasteiger partial charge in [0.1, 0.15) is 0 Å². The predicted octanol–water partition coefficient (Wildman–Crippen LogP) is 6.50. The molecule has 36 heavy (non-hydrogen) atoms. The molecule has 184 valence electrons. The first-order valence-electron chi connectivity index (χ1n) is 11.9. The van der Waals surface area contributed by atoms with Crippen molar-refractivity contribution < 1.29 is 18.0 Å². The number of nitrogens with zero attached hydrogens (tertiary/aromatic N) is 3. The molecule has 5 rings (SSSR count). The summed E-state index contributed by atoms with van der Waals surface area (Å²) in [4.78, 5) is 22.4. The van der Waals surface area contributed by atoms with E-state index in [9.17, 15) is 18.0 Å². The molecule has 1 aliphatic rings. The Morgan fingerprint density at radius 1 is 0.861 bits per heavy atom. The maximum Gasteiger partial charge on any atom is 0.416 e. The van der Waals surface area contributed by atoms with Crippen LogP contribution in [0.1, 0.15) is 27.0 Å². The van der Waals surface area contributed by atoms with Gasteiger partial charge in [-0.15, -0.1) is 0 Å². The van der Waals surface area contributed by atoms with Gasteiger partial charge in [0.2, 0.25) is 0 Å². The summed E-state index contributed by atoms with van der Waals surface area (Å²) < 4.78 is 39.5. The number of anilines is 1. The molecule has 4 nitrogen and oxygen atoms in total. The van der Waals surface area contributed by atoms with E-state index in [2.05, 4.69) is 0 Å². The summed E-state index contributed by atoms with van der Waals surface area (Å²) in [6.45, 7) is 5.72. The van der Waals surface area contributed by atoms with Crippen LogP contribution in [0.3, 0.4) is 0 Å². The van der Waals surface area contributed by atoms with Crippen LogP contribution >= 0.6 is 0 Å². The lowest BCUT2D eigenvalue weighted by molar-refractivity contribution is -0.137. The average molecular weight is 490 g/mol. The molecule has 1 fully saturated rings. The topological polar surface area (TPSA) is 36.4 Å². The summed E-state index contributed by atoms with van der Waals surface area (Å²) in [5, 5.41) is 0.802. The van der Waals surface area contributed by atoms with Crippen molar-refractivity contribution in [3.8, 4) is 11.3 Å². The number of piperazine rings is 1. The first kappa shape index (κ1) is 23.9. The van der Waals surface area contributed by atoms with E-state index in [4.69, 9.17) is 4.98 Å². The van der Waals surface area contributed by atoms with E-state index in [1.54, 1.807) is 11.0 Å². The molecular formula is C29H26F3N3O. The number of benzene rings is 3. The van der Waals surface area contributed by atoms with E-state index in [-0.39, 0.29) is 5.91 Å². The number of para-hydroxylation sites is 1. The Bertz CT molecular complexity index is 1420. The molecular weight excluding hydrogens is 463 g/mol. The number of pyridine rings is 1. The number of carbonyl (C=O) groups is 1. The summed E-state index contributed by atoms with van der Waals surface area (Å²) in [5.74, 6) is -0.0804. The largest absolute Gasteiger partial charge is 0.416 e.